The molecule has 1 aliphatic rings. The zero-order valence-corrected chi connectivity index (χ0v) is 16.5. The highest BCUT2D eigenvalue weighted by Crippen LogP contribution is 2.26. The average molecular weight is 400 g/mol. The molecule has 6 nitrogen and oxygen atoms in total. The van der Waals surface area contributed by atoms with Gasteiger partial charge in [-0.05, 0) is 38.0 Å². The van der Waals surface area contributed by atoms with Crippen molar-refractivity contribution in [2.45, 2.75) is 39.3 Å². The third-order valence-electron chi connectivity index (χ3n) is 4.16. The van der Waals surface area contributed by atoms with Crippen molar-refractivity contribution >= 4 is 35.2 Å². The molecule has 0 bridgehead atoms. The van der Waals surface area contributed by atoms with Crippen molar-refractivity contribution < 1.29 is 14.3 Å². The minimum absolute atomic E-state index is 0.109. The first-order chi connectivity index (χ1) is 12.4. The largest absolute Gasteiger partial charge is 0.463 e. The van der Waals surface area contributed by atoms with Crippen molar-refractivity contribution in [2.24, 2.45) is 0 Å². The molecule has 2 amide bonds. The van der Waals surface area contributed by atoms with Crippen LogP contribution in [0.3, 0.4) is 0 Å². The number of halogens is 2. The Kier molecular flexibility index (Phi) is 7.32. The van der Waals surface area contributed by atoms with E-state index in [0.717, 1.165) is 5.56 Å². The first-order valence-corrected chi connectivity index (χ1v) is 9.28. The highest BCUT2D eigenvalue weighted by Gasteiger charge is 2.31. The Morgan fingerprint density at radius 2 is 2.08 bits per heavy atom. The van der Waals surface area contributed by atoms with Gasteiger partial charge in [0.25, 0.3) is 0 Å². The molecule has 0 spiro atoms. The monoisotopic (exact) mass is 399 g/mol. The van der Waals surface area contributed by atoms with Gasteiger partial charge in [0.2, 0.25) is 0 Å². The van der Waals surface area contributed by atoms with Crippen LogP contribution in [0.1, 0.15) is 38.8 Å². The number of hydrogen-bond acceptors (Lipinski definition) is 4. The fraction of sp³-hybridized carbons (Fsp3) is 0.444. The third-order valence-corrected chi connectivity index (χ3v) is 4.72. The standard InChI is InChI=1S/C18H23Cl2N3O3/c1-4-14-16(17(24)26-5-2)15(23-18(25)22-14)9-21-10(3)12-7-6-11(19)8-13(12)20/h6-8,10,14,21H,4-5,9H2,1-3H3,(H2,22,23,25)/t10-,14+/m1/s1. The van der Waals surface area contributed by atoms with Gasteiger partial charge in [-0.25, -0.2) is 9.59 Å². The van der Waals surface area contributed by atoms with Gasteiger partial charge in [0, 0.05) is 28.3 Å². The van der Waals surface area contributed by atoms with Gasteiger partial charge in [-0.1, -0.05) is 36.2 Å². The van der Waals surface area contributed by atoms with Crippen LogP contribution in [-0.4, -0.2) is 31.2 Å². The van der Waals surface area contributed by atoms with Crippen LogP contribution in [0.4, 0.5) is 4.79 Å². The summed E-state index contributed by atoms with van der Waals surface area (Å²) < 4.78 is 5.15. The summed E-state index contributed by atoms with van der Waals surface area (Å²) in [7, 11) is 0. The van der Waals surface area contributed by atoms with E-state index < -0.39 is 5.97 Å². The SMILES string of the molecule is CCOC(=O)C1=C(CN[C@H](C)c2ccc(Cl)cc2Cl)NC(=O)N[C@H]1CC. The first kappa shape index (κ1) is 20.6. The van der Waals surface area contributed by atoms with E-state index in [0.29, 0.717) is 27.7 Å². The first-order valence-electron chi connectivity index (χ1n) is 8.53. The molecule has 3 N–H and O–H groups in total. The maximum absolute atomic E-state index is 12.4. The molecule has 1 aromatic carbocycles. The Balaban J connectivity index is 2.21. The molecule has 0 radical (unpaired) electrons. The molecule has 8 heteroatoms. The van der Waals surface area contributed by atoms with E-state index in [1.165, 1.54) is 0 Å². The molecule has 2 rings (SSSR count). The summed E-state index contributed by atoms with van der Waals surface area (Å²) in [6.45, 7) is 6.15. The number of carbonyl (C=O) groups excluding carboxylic acids is 2. The van der Waals surface area contributed by atoms with Crippen LogP contribution in [0.5, 0.6) is 0 Å². The molecule has 142 valence electrons. The molecule has 0 fully saturated rings. The molecule has 0 aliphatic carbocycles. The van der Waals surface area contributed by atoms with Gasteiger partial charge < -0.3 is 20.7 Å². The summed E-state index contributed by atoms with van der Waals surface area (Å²) in [5.41, 5.74) is 1.83. The lowest BCUT2D eigenvalue weighted by atomic mass is 10.00. The molecular weight excluding hydrogens is 377 g/mol. The average Bonchev–Trinajstić information content (AvgIpc) is 2.59. The fourth-order valence-corrected chi connectivity index (χ4v) is 3.39. The number of hydrogen-bond donors (Lipinski definition) is 3. The van der Waals surface area contributed by atoms with Gasteiger partial charge >= 0.3 is 12.0 Å². The quantitative estimate of drug-likeness (QED) is 0.612. The van der Waals surface area contributed by atoms with Crippen LogP contribution in [0.25, 0.3) is 0 Å². The van der Waals surface area contributed by atoms with Crippen LogP contribution in [-0.2, 0) is 9.53 Å². The number of ether oxygens (including phenoxy) is 1. The van der Waals surface area contributed by atoms with Crippen LogP contribution in [0.15, 0.2) is 29.5 Å². The maximum atomic E-state index is 12.4. The molecule has 1 aliphatic heterocycles. The second kappa shape index (κ2) is 9.26. The third kappa shape index (κ3) is 4.90. The van der Waals surface area contributed by atoms with Crippen LogP contribution < -0.4 is 16.0 Å². The minimum Gasteiger partial charge on any atom is -0.463 e. The number of carbonyl (C=O) groups is 2. The summed E-state index contributed by atoms with van der Waals surface area (Å²) in [6.07, 6.45) is 0.587. The number of urea groups is 1. The van der Waals surface area contributed by atoms with Gasteiger partial charge in [-0.15, -0.1) is 0 Å². The van der Waals surface area contributed by atoms with Gasteiger partial charge in [0.15, 0.2) is 0 Å². The molecule has 0 unspecified atom stereocenters. The molecule has 1 heterocycles. The zero-order chi connectivity index (χ0) is 19.3. The van der Waals surface area contributed by atoms with E-state index in [9.17, 15) is 9.59 Å². The molecule has 0 aromatic heterocycles. The van der Waals surface area contributed by atoms with Crippen LogP contribution in [0, 0.1) is 0 Å². The van der Waals surface area contributed by atoms with Gasteiger partial charge in [-0.3, -0.25) is 0 Å². The molecule has 2 atom stereocenters. The minimum atomic E-state index is -0.430. The Hall–Kier alpha value is -1.76. The van der Waals surface area contributed by atoms with Gasteiger partial charge in [-0.2, -0.15) is 0 Å². The highest BCUT2D eigenvalue weighted by molar-refractivity contribution is 6.35. The number of rotatable bonds is 7. The number of esters is 1. The topological polar surface area (TPSA) is 79.5 Å². The van der Waals surface area contributed by atoms with Gasteiger partial charge in [0.1, 0.15) is 0 Å². The van der Waals surface area contributed by atoms with E-state index in [1.54, 1.807) is 19.1 Å². The van der Waals surface area contributed by atoms with E-state index in [1.807, 2.05) is 19.9 Å². The van der Waals surface area contributed by atoms with Crippen molar-refractivity contribution in [1.29, 1.82) is 0 Å². The van der Waals surface area contributed by atoms with Crippen molar-refractivity contribution in [3.05, 3.63) is 45.1 Å². The van der Waals surface area contributed by atoms with Crippen LogP contribution in [0.2, 0.25) is 10.0 Å². The number of amides is 2. The second-order valence-electron chi connectivity index (χ2n) is 5.94. The Bertz CT molecular complexity index is 722. The predicted octanol–water partition coefficient (Wildman–Crippen LogP) is 3.55. The van der Waals surface area contributed by atoms with E-state index in [2.05, 4.69) is 16.0 Å². The van der Waals surface area contributed by atoms with Gasteiger partial charge in [0.05, 0.1) is 18.2 Å². The highest BCUT2D eigenvalue weighted by atomic mass is 35.5. The summed E-state index contributed by atoms with van der Waals surface area (Å²) in [4.78, 5) is 24.3. The lowest BCUT2D eigenvalue weighted by Gasteiger charge is -2.29. The predicted molar refractivity (Wildman–Crippen MR) is 102 cm³/mol. The van der Waals surface area contributed by atoms with Crippen molar-refractivity contribution in [1.82, 2.24) is 16.0 Å². The summed E-state index contributed by atoms with van der Waals surface area (Å²) >= 11 is 12.2. The number of nitrogens with one attached hydrogen (secondary N) is 3. The smallest absolute Gasteiger partial charge is 0.337 e. The van der Waals surface area contributed by atoms with Crippen LogP contribution >= 0.6 is 23.2 Å². The molecule has 0 saturated carbocycles. The van der Waals surface area contributed by atoms with Crippen molar-refractivity contribution in [3.8, 4) is 0 Å². The van der Waals surface area contributed by atoms with E-state index in [-0.39, 0.29) is 31.3 Å². The maximum Gasteiger partial charge on any atom is 0.337 e. The summed E-state index contributed by atoms with van der Waals surface area (Å²) in [5, 5.41) is 9.86. The second-order valence-corrected chi connectivity index (χ2v) is 6.78. The number of benzene rings is 1. The Labute approximate surface area is 163 Å². The normalized spacial score (nSPS) is 18.2. The lowest BCUT2D eigenvalue weighted by Crippen LogP contribution is -2.52. The van der Waals surface area contributed by atoms with Crippen molar-refractivity contribution in [3.63, 3.8) is 0 Å². The van der Waals surface area contributed by atoms with E-state index >= 15 is 0 Å². The summed E-state index contributed by atoms with van der Waals surface area (Å²) in [5.74, 6) is -0.430. The lowest BCUT2D eigenvalue weighted by molar-refractivity contribution is -0.139. The molecule has 0 saturated heterocycles. The summed E-state index contributed by atoms with van der Waals surface area (Å²) in [6, 6.07) is 4.47. The molecule has 1 aromatic rings. The molecular formula is C18H23Cl2N3O3. The Morgan fingerprint density at radius 3 is 2.69 bits per heavy atom. The van der Waals surface area contributed by atoms with Crippen molar-refractivity contribution in [2.75, 3.05) is 13.2 Å². The fourth-order valence-electron chi connectivity index (χ4n) is 2.82. The molecule has 26 heavy (non-hydrogen) atoms. The van der Waals surface area contributed by atoms with E-state index in [4.69, 9.17) is 27.9 Å². The zero-order valence-electron chi connectivity index (χ0n) is 15.0. The Morgan fingerprint density at radius 1 is 1.35 bits per heavy atom.